The topological polar surface area (TPSA) is 9.23 Å². The summed E-state index contributed by atoms with van der Waals surface area (Å²) in [6.07, 6.45) is 3.58. The molecule has 1 fully saturated rings. The Morgan fingerprint density at radius 1 is 1.11 bits per heavy atom. The fraction of sp³-hybridized carbons (Fsp3) is 0.625. The van der Waals surface area contributed by atoms with E-state index in [1.165, 1.54) is 18.4 Å². The Labute approximate surface area is 120 Å². The summed E-state index contributed by atoms with van der Waals surface area (Å²) in [5.41, 5.74) is 2.12. The summed E-state index contributed by atoms with van der Waals surface area (Å²) in [6, 6.07) is 11.1. The minimum absolute atomic E-state index is 0.339. The quantitative estimate of drug-likeness (QED) is 0.693. The van der Waals surface area contributed by atoms with Crippen LogP contribution < -0.4 is 0 Å². The lowest BCUT2D eigenvalue weighted by Crippen LogP contribution is -2.35. The van der Waals surface area contributed by atoms with Gasteiger partial charge in [-0.15, -0.1) is 0 Å². The Bertz CT molecular complexity index is 414. The van der Waals surface area contributed by atoms with Gasteiger partial charge in [0.1, 0.15) is 0 Å². The van der Waals surface area contributed by atoms with Gasteiger partial charge in [-0.2, -0.15) is 0 Å². The van der Waals surface area contributed by atoms with Gasteiger partial charge in [0.2, 0.25) is 0 Å². The Kier molecular flexibility index (Phi) is 4.26. The van der Waals surface area contributed by atoms with Gasteiger partial charge in [-0.3, -0.25) is 0 Å². The standard InChI is InChI=1S/C16H27BOSi/c1-6-16(7-2)15(14-12-10-9-11-13-14)19(4,5)18-17(16)8-3/h9-13,15H,6-8H2,1-5H3. The second-order valence-electron chi connectivity index (χ2n) is 6.40. The van der Waals surface area contributed by atoms with E-state index in [2.05, 4.69) is 64.2 Å². The van der Waals surface area contributed by atoms with Crippen molar-refractivity contribution < 1.29 is 4.34 Å². The van der Waals surface area contributed by atoms with Crippen LogP contribution in [0.1, 0.15) is 44.7 Å². The molecule has 1 aliphatic heterocycles. The minimum atomic E-state index is -1.67. The number of hydrogen-bond acceptors (Lipinski definition) is 1. The van der Waals surface area contributed by atoms with E-state index in [0.29, 0.717) is 17.8 Å². The van der Waals surface area contributed by atoms with Gasteiger partial charge in [0.05, 0.1) is 0 Å². The van der Waals surface area contributed by atoms with Crippen LogP contribution in [0.15, 0.2) is 30.3 Å². The molecule has 3 heteroatoms. The molecule has 2 rings (SSSR count). The van der Waals surface area contributed by atoms with Crippen LogP contribution in [0.5, 0.6) is 0 Å². The van der Waals surface area contributed by atoms with Gasteiger partial charge in [0.25, 0.3) is 6.92 Å². The summed E-state index contributed by atoms with van der Waals surface area (Å²) >= 11 is 0. The molecule has 1 aromatic carbocycles. The molecule has 0 aromatic heterocycles. The maximum absolute atomic E-state index is 6.60. The van der Waals surface area contributed by atoms with E-state index in [9.17, 15) is 0 Å². The smallest absolute Gasteiger partial charge is 0.287 e. The second kappa shape index (κ2) is 5.45. The Morgan fingerprint density at radius 2 is 1.68 bits per heavy atom. The molecule has 1 nitrogen and oxygen atoms in total. The molecule has 0 spiro atoms. The van der Waals surface area contributed by atoms with Gasteiger partial charge in [0.15, 0.2) is 8.32 Å². The van der Waals surface area contributed by atoms with Crippen molar-refractivity contribution in [1.29, 1.82) is 0 Å². The second-order valence-corrected chi connectivity index (χ2v) is 10.4. The molecule has 1 heterocycles. The van der Waals surface area contributed by atoms with Crippen molar-refractivity contribution in [3.63, 3.8) is 0 Å². The predicted molar refractivity (Wildman–Crippen MR) is 87.3 cm³/mol. The van der Waals surface area contributed by atoms with Gasteiger partial charge < -0.3 is 4.34 Å². The zero-order valence-corrected chi connectivity index (χ0v) is 14.1. The maximum atomic E-state index is 6.60. The predicted octanol–water partition coefficient (Wildman–Crippen LogP) is 5.12. The summed E-state index contributed by atoms with van der Waals surface area (Å²) in [7, 11) is -1.67. The van der Waals surface area contributed by atoms with E-state index in [1.54, 1.807) is 0 Å². The Hall–Kier alpha value is -0.538. The monoisotopic (exact) mass is 274 g/mol. The van der Waals surface area contributed by atoms with Crippen LogP contribution in [0, 0.1) is 0 Å². The zero-order valence-electron chi connectivity index (χ0n) is 13.1. The molecule has 1 atom stereocenters. The molecule has 0 saturated carbocycles. The summed E-state index contributed by atoms with van der Waals surface area (Å²) in [5, 5.41) is 0.339. The highest BCUT2D eigenvalue weighted by molar-refractivity contribution is 6.85. The molecule has 0 N–H and O–H groups in total. The van der Waals surface area contributed by atoms with Crippen molar-refractivity contribution in [3.05, 3.63) is 35.9 Å². The van der Waals surface area contributed by atoms with E-state index < -0.39 is 8.32 Å². The van der Waals surface area contributed by atoms with Crippen molar-refractivity contribution in [3.8, 4) is 0 Å². The normalized spacial score (nSPS) is 24.7. The third-order valence-electron chi connectivity index (χ3n) is 5.18. The highest BCUT2D eigenvalue weighted by Crippen LogP contribution is 2.61. The van der Waals surface area contributed by atoms with Gasteiger partial charge in [-0.05, 0) is 24.0 Å². The van der Waals surface area contributed by atoms with Gasteiger partial charge >= 0.3 is 0 Å². The van der Waals surface area contributed by atoms with Crippen molar-refractivity contribution in [2.24, 2.45) is 0 Å². The first-order valence-electron chi connectivity index (χ1n) is 7.74. The molecule has 0 bridgehead atoms. The molecular formula is C16H27BOSi. The fourth-order valence-corrected chi connectivity index (χ4v) is 8.66. The number of hydrogen-bond donors (Lipinski definition) is 0. The van der Waals surface area contributed by atoms with Crippen LogP contribution in [0.3, 0.4) is 0 Å². The van der Waals surface area contributed by atoms with E-state index in [-0.39, 0.29) is 0 Å². The third kappa shape index (κ3) is 2.32. The van der Waals surface area contributed by atoms with E-state index in [0.717, 1.165) is 6.32 Å². The largest absolute Gasteiger partial charge is 0.476 e. The summed E-state index contributed by atoms with van der Waals surface area (Å²) in [6.45, 7) is 12.2. The molecular weight excluding hydrogens is 247 g/mol. The SMILES string of the molecule is CCB1O[Si](C)(C)C(c2ccccc2)C1(CC)CC. The average molecular weight is 274 g/mol. The molecule has 0 amide bonds. The molecule has 0 aliphatic carbocycles. The molecule has 1 unspecified atom stereocenters. The van der Waals surface area contributed by atoms with Crippen molar-refractivity contribution >= 4 is 15.2 Å². The lowest BCUT2D eigenvalue weighted by atomic mass is 9.40. The first-order valence-corrected chi connectivity index (χ1v) is 10.7. The maximum Gasteiger partial charge on any atom is 0.287 e. The van der Waals surface area contributed by atoms with Gasteiger partial charge in [0, 0.05) is 5.54 Å². The molecule has 0 radical (unpaired) electrons. The zero-order chi connectivity index (χ0) is 14.1. The molecule has 1 aromatic rings. The fourth-order valence-electron chi connectivity index (χ4n) is 4.41. The first kappa shape index (κ1) is 14.9. The van der Waals surface area contributed by atoms with Gasteiger partial charge in [-0.1, -0.05) is 70.3 Å². The minimum Gasteiger partial charge on any atom is -0.476 e. The average Bonchev–Trinajstić information content (AvgIpc) is 2.66. The Balaban J connectivity index is 2.52. The lowest BCUT2D eigenvalue weighted by molar-refractivity contribution is 0.477. The lowest BCUT2D eigenvalue weighted by Gasteiger charge is -2.38. The Morgan fingerprint density at radius 3 is 2.16 bits per heavy atom. The van der Waals surface area contributed by atoms with Crippen LogP contribution in [0.4, 0.5) is 0 Å². The highest BCUT2D eigenvalue weighted by atomic mass is 28.4. The van der Waals surface area contributed by atoms with Gasteiger partial charge in [-0.25, -0.2) is 0 Å². The molecule has 104 valence electrons. The van der Waals surface area contributed by atoms with Crippen LogP contribution >= 0.6 is 0 Å². The van der Waals surface area contributed by atoms with E-state index in [4.69, 9.17) is 4.34 Å². The van der Waals surface area contributed by atoms with Crippen molar-refractivity contribution in [2.75, 3.05) is 0 Å². The van der Waals surface area contributed by atoms with Crippen LogP contribution in [-0.2, 0) is 4.34 Å². The van der Waals surface area contributed by atoms with Crippen molar-refractivity contribution in [1.82, 2.24) is 0 Å². The molecule has 1 saturated heterocycles. The number of benzene rings is 1. The number of rotatable bonds is 4. The van der Waals surface area contributed by atoms with Crippen LogP contribution in [-0.4, -0.2) is 15.2 Å². The summed E-state index contributed by atoms with van der Waals surface area (Å²) in [4.78, 5) is 0. The van der Waals surface area contributed by atoms with E-state index >= 15 is 0 Å². The summed E-state index contributed by atoms with van der Waals surface area (Å²) in [5.74, 6) is 0. The highest BCUT2D eigenvalue weighted by Gasteiger charge is 2.60. The van der Waals surface area contributed by atoms with E-state index in [1.807, 2.05) is 0 Å². The van der Waals surface area contributed by atoms with Crippen LogP contribution in [0.25, 0.3) is 0 Å². The van der Waals surface area contributed by atoms with Crippen molar-refractivity contribution in [2.45, 2.75) is 63.9 Å². The summed E-state index contributed by atoms with van der Waals surface area (Å²) < 4.78 is 6.60. The first-order chi connectivity index (χ1) is 9.01. The molecule has 19 heavy (non-hydrogen) atoms. The van der Waals surface area contributed by atoms with Crippen LogP contribution in [0.2, 0.25) is 24.7 Å². The third-order valence-corrected chi connectivity index (χ3v) is 8.37. The molecule has 1 aliphatic rings.